The molecule has 3 N–H and O–H groups in total. The second-order valence-electron chi connectivity index (χ2n) is 6.44. The van der Waals surface area contributed by atoms with Crippen LogP contribution >= 0.6 is 0 Å². The van der Waals surface area contributed by atoms with Gasteiger partial charge < -0.3 is 15.8 Å². The van der Waals surface area contributed by atoms with Gasteiger partial charge in [-0.3, -0.25) is 9.59 Å². The number of allylic oxidation sites excluding steroid dienone is 1. The molecule has 0 unspecified atom stereocenters. The number of hydrogen-bond donors (Lipinski definition) is 2. The number of nitrogens with zero attached hydrogens (tertiary/aromatic N) is 1. The molecule has 6 heteroatoms. The number of ketones is 1. The summed E-state index contributed by atoms with van der Waals surface area (Å²) in [6.07, 6.45) is 0.829. The predicted molar refractivity (Wildman–Crippen MR) is 85.1 cm³/mol. The van der Waals surface area contributed by atoms with Crippen molar-refractivity contribution in [1.82, 2.24) is 0 Å². The topological polar surface area (TPSA) is 105 Å². The molecule has 2 heterocycles. The molecule has 4 rings (SSSR count). The average Bonchev–Trinajstić information content (AvgIpc) is 2.80. The Morgan fingerprint density at radius 2 is 2.08 bits per heavy atom. The van der Waals surface area contributed by atoms with Crippen LogP contribution in [0.5, 0.6) is 0 Å². The number of nitriles is 1. The van der Waals surface area contributed by atoms with Crippen LogP contribution < -0.4 is 11.1 Å². The van der Waals surface area contributed by atoms with Crippen LogP contribution in [0.15, 0.2) is 47.1 Å². The Morgan fingerprint density at radius 1 is 1.33 bits per heavy atom. The van der Waals surface area contributed by atoms with E-state index in [2.05, 4.69) is 5.32 Å². The van der Waals surface area contributed by atoms with Crippen LogP contribution in [0.4, 0.5) is 5.69 Å². The number of Topliss-reactive ketones (excluding diaryl/α,β-unsaturated/α-hetero) is 1. The Labute approximate surface area is 138 Å². The minimum absolute atomic E-state index is 0.0217. The number of hydrogen-bond acceptors (Lipinski definition) is 5. The van der Waals surface area contributed by atoms with Crippen molar-refractivity contribution < 1.29 is 14.3 Å². The van der Waals surface area contributed by atoms with Crippen LogP contribution in [0.2, 0.25) is 0 Å². The van der Waals surface area contributed by atoms with Crippen molar-refractivity contribution in [3.05, 3.63) is 52.6 Å². The molecule has 1 aromatic rings. The fourth-order valence-electron chi connectivity index (χ4n) is 3.96. The third-order valence-corrected chi connectivity index (χ3v) is 4.89. The van der Waals surface area contributed by atoms with E-state index >= 15 is 0 Å². The van der Waals surface area contributed by atoms with Gasteiger partial charge in [-0.15, -0.1) is 0 Å². The van der Waals surface area contributed by atoms with Crippen molar-refractivity contribution >= 4 is 17.4 Å². The molecule has 0 aromatic heterocycles. The van der Waals surface area contributed by atoms with E-state index in [-0.39, 0.29) is 28.7 Å². The number of benzene rings is 1. The number of amides is 1. The number of carbonyl (C=O) groups excluding carboxylic acids is 2. The number of rotatable bonds is 0. The van der Waals surface area contributed by atoms with Gasteiger partial charge in [0.15, 0.2) is 5.78 Å². The molecular formula is C18H15N3O3. The van der Waals surface area contributed by atoms with E-state index in [0.717, 1.165) is 0 Å². The Balaban J connectivity index is 2.10. The molecule has 120 valence electrons. The first-order valence-corrected chi connectivity index (χ1v) is 7.76. The van der Waals surface area contributed by atoms with Crippen molar-refractivity contribution in [2.45, 2.75) is 25.2 Å². The zero-order valence-corrected chi connectivity index (χ0v) is 13.1. The summed E-state index contributed by atoms with van der Waals surface area (Å²) in [6.45, 7) is 1.94. The van der Waals surface area contributed by atoms with Crippen molar-refractivity contribution in [3.8, 4) is 6.07 Å². The van der Waals surface area contributed by atoms with E-state index in [4.69, 9.17) is 10.5 Å². The normalized spacial score (nSPS) is 28.2. The summed E-state index contributed by atoms with van der Waals surface area (Å²) in [7, 11) is 0. The van der Waals surface area contributed by atoms with Gasteiger partial charge in [-0.2, -0.15) is 5.26 Å². The molecule has 0 radical (unpaired) electrons. The van der Waals surface area contributed by atoms with Crippen LogP contribution in [0.25, 0.3) is 0 Å². The van der Waals surface area contributed by atoms with Gasteiger partial charge in [-0.25, -0.2) is 0 Å². The number of anilines is 1. The summed E-state index contributed by atoms with van der Waals surface area (Å²) >= 11 is 0. The molecule has 6 nitrogen and oxygen atoms in total. The molecular weight excluding hydrogens is 306 g/mol. The van der Waals surface area contributed by atoms with Crippen molar-refractivity contribution in [2.24, 2.45) is 11.7 Å². The second kappa shape index (κ2) is 4.71. The largest absolute Gasteiger partial charge is 0.444 e. The maximum Gasteiger partial charge on any atom is 0.245 e. The van der Waals surface area contributed by atoms with E-state index in [1.165, 1.54) is 0 Å². The molecule has 0 saturated heterocycles. The number of para-hydroxylation sites is 1. The first-order chi connectivity index (χ1) is 11.5. The summed E-state index contributed by atoms with van der Waals surface area (Å²) in [4.78, 5) is 25.8. The molecule has 0 fully saturated rings. The SMILES string of the molecule is C[C@@H]1CC(=O)C2=C(C1)OC(N)=C(C#N)[C@]21C(=O)Nc2ccccc21. The smallest absolute Gasteiger partial charge is 0.245 e. The van der Waals surface area contributed by atoms with Gasteiger partial charge >= 0.3 is 0 Å². The molecule has 1 aromatic carbocycles. The van der Waals surface area contributed by atoms with Crippen LogP contribution in [-0.4, -0.2) is 11.7 Å². The van der Waals surface area contributed by atoms with Gasteiger partial charge in [-0.1, -0.05) is 25.1 Å². The quantitative estimate of drug-likeness (QED) is 0.758. The molecule has 1 amide bonds. The Hall–Kier alpha value is -3.07. The standard InChI is InChI=1S/C18H15N3O3/c1-9-6-13(22)15-14(7-9)24-16(20)11(8-19)18(15)10-4-2-3-5-12(10)21-17(18)23/h2-5,9H,6-7,20H2,1H3,(H,21,23)/t9-,18+/m1/s1. The summed E-state index contributed by atoms with van der Waals surface area (Å²) < 4.78 is 5.60. The zero-order chi connectivity index (χ0) is 17.1. The van der Waals surface area contributed by atoms with Gasteiger partial charge in [0.1, 0.15) is 22.8 Å². The van der Waals surface area contributed by atoms with E-state index in [0.29, 0.717) is 29.9 Å². The average molecular weight is 321 g/mol. The number of ether oxygens (including phenoxy) is 1. The highest BCUT2D eigenvalue weighted by molar-refractivity contribution is 6.19. The van der Waals surface area contributed by atoms with Crippen LogP contribution in [0, 0.1) is 17.2 Å². The van der Waals surface area contributed by atoms with Gasteiger partial charge in [0.05, 0.1) is 5.57 Å². The Bertz CT molecular complexity index is 906. The lowest BCUT2D eigenvalue weighted by Gasteiger charge is -2.38. The summed E-state index contributed by atoms with van der Waals surface area (Å²) in [5.41, 5.74) is 5.87. The Morgan fingerprint density at radius 3 is 2.83 bits per heavy atom. The second-order valence-corrected chi connectivity index (χ2v) is 6.44. The summed E-state index contributed by atoms with van der Waals surface area (Å²) in [5.74, 6) is -0.200. The first-order valence-electron chi connectivity index (χ1n) is 7.76. The van der Waals surface area contributed by atoms with Crippen molar-refractivity contribution in [2.75, 3.05) is 5.32 Å². The molecule has 2 aliphatic heterocycles. The fourth-order valence-corrected chi connectivity index (χ4v) is 3.96. The molecule has 0 saturated carbocycles. The summed E-state index contributed by atoms with van der Waals surface area (Å²) in [5, 5.41) is 12.5. The highest BCUT2D eigenvalue weighted by atomic mass is 16.5. The van der Waals surface area contributed by atoms with Gasteiger partial charge in [0.25, 0.3) is 0 Å². The van der Waals surface area contributed by atoms with E-state index in [1.807, 2.05) is 13.0 Å². The lowest BCUT2D eigenvalue weighted by atomic mass is 9.64. The number of fused-ring (bicyclic) bond motifs is 3. The van der Waals surface area contributed by atoms with Crippen LogP contribution in [0.3, 0.4) is 0 Å². The monoisotopic (exact) mass is 321 g/mol. The molecule has 0 bridgehead atoms. The third kappa shape index (κ3) is 1.59. The summed E-state index contributed by atoms with van der Waals surface area (Å²) in [6, 6.07) is 9.07. The maximum atomic E-state index is 13.0. The highest BCUT2D eigenvalue weighted by Crippen LogP contribution is 2.54. The highest BCUT2D eigenvalue weighted by Gasteiger charge is 2.60. The predicted octanol–water partition coefficient (Wildman–Crippen LogP) is 1.85. The zero-order valence-electron chi connectivity index (χ0n) is 13.1. The van der Waals surface area contributed by atoms with Gasteiger partial charge in [-0.05, 0) is 12.0 Å². The van der Waals surface area contributed by atoms with E-state index in [1.54, 1.807) is 24.3 Å². The van der Waals surface area contributed by atoms with Crippen molar-refractivity contribution in [3.63, 3.8) is 0 Å². The van der Waals surface area contributed by atoms with Crippen molar-refractivity contribution in [1.29, 1.82) is 5.26 Å². The number of nitrogens with one attached hydrogen (secondary N) is 1. The molecule has 24 heavy (non-hydrogen) atoms. The van der Waals surface area contributed by atoms with Crippen LogP contribution in [-0.2, 0) is 19.7 Å². The van der Waals surface area contributed by atoms with Gasteiger partial charge in [0, 0.05) is 24.1 Å². The fraction of sp³-hybridized carbons (Fsp3) is 0.278. The minimum atomic E-state index is -1.50. The molecule has 1 aliphatic carbocycles. The third-order valence-electron chi connectivity index (χ3n) is 4.89. The molecule has 1 spiro atoms. The Kier molecular flexibility index (Phi) is 2.85. The van der Waals surface area contributed by atoms with Crippen LogP contribution in [0.1, 0.15) is 25.3 Å². The lowest BCUT2D eigenvalue weighted by molar-refractivity contribution is -0.123. The maximum absolute atomic E-state index is 13.0. The molecule has 3 aliphatic rings. The minimum Gasteiger partial charge on any atom is -0.444 e. The van der Waals surface area contributed by atoms with Gasteiger partial charge in [0.2, 0.25) is 11.8 Å². The van der Waals surface area contributed by atoms with E-state index < -0.39 is 11.3 Å². The van der Waals surface area contributed by atoms with E-state index in [9.17, 15) is 14.9 Å². The molecule has 2 atom stereocenters. The number of carbonyl (C=O) groups is 2. The lowest BCUT2D eigenvalue weighted by Crippen LogP contribution is -2.47. The first kappa shape index (κ1) is 14.5. The number of nitrogens with two attached hydrogens (primary N) is 1.